The van der Waals surface area contributed by atoms with Crippen LogP contribution in [0.4, 0.5) is 0 Å². The first kappa shape index (κ1) is 18.6. The second-order valence-electron chi connectivity index (χ2n) is 5.25. The van der Waals surface area contributed by atoms with E-state index in [0.717, 1.165) is 0 Å². The van der Waals surface area contributed by atoms with Crippen LogP contribution in [0.3, 0.4) is 0 Å². The number of amides is 1. The molecule has 124 valence electrons. The van der Waals surface area contributed by atoms with E-state index in [1.165, 1.54) is 28.4 Å². The number of likely N-dealkylation sites (N-methyl/N-ethyl adjacent to an activating group) is 1. The molecule has 1 N–H and O–H groups in total. The minimum Gasteiger partial charge on any atom is -0.395 e. The molecule has 1 aromatic rings. The summed E-state index contributed by atoms with van der Waals surface area (Å²) in [5.74, 6) is -0.291. The molecular formula is C15H24N2O4S. The van der Waals surface area contributed by atoms with Crippen molar-refractivity contribution in [3.63, 3.8) is 0 Å². The molecule has 6 nitrogen and oxygen atoms in total. The number of hydrogen-bond donors (Lipinski definition) is 1. The van der Waals surface area contributed by atoms with Crippen LogP contribution in [-0.4, -0.2) is 61.4 Å². The summed E-state index contributed by atoms with van der Waals surface area (Å²) in [5.41, 5.74) is 0.300. The molecule has 0 saturated heterocycles. The van der Waals surface area contributed by atoms with Crippen molar-refractivity contribution in [2.75, 3.05) is 26.7 Å². The molecule has 0 heterocycles. The van der Waals surface area contributed by atoms with Gasteiger partial charge in [0.1, 0.15) is 0 Å². The molecule has 0 bridgehead atoms. The first-order valence-electron chi connectivity index (χ1n) is 7.24. The van der Waals surface area contributed by atoms with Crippen LogP contribution in [0.15, 0.2) is 29.2 Å². The van der Waals surface area contributed by atoms with Gasteiger partial charge in [0.15, 0.2) is 0 Å². The molecule has 0 unspecified atom stereocenters. The molecule has 0 atom stereocenters. The molecule has 7 heteroatoms. The Bertz CT molecular complexity index is 614. The highest BCUT2D eigenvalue weighted by Crippen LogP contribution is 2.18. The minimum atomic E-state index is -3.63. The quantitative estimate of drug-likeness (QED) is 0.815. The molecule has 1 aromatic carbocycles. The van der Waals surface area contributed by atoms with Gasteiger partial charge in [-0.3, -0.25) is 4.79 Å². The number of sulfonamides is 1. The van der Waals surface area contributed by atoms with E-state index in [0.29, 0.717) is 12.1 Å². The Hall–Kier alpha value is -1.44. The fraction of sp³-hybridized carbons (Fsp3) is 0.533. The summed E-state index contributed by atoms with van der Waals surface area (Å²) in [7, 11) is -2.11. The van der Waals surface area contributed by atoms with E-state index in [4.69, 9.17) is 5.11 Å². The topological polar surface area (TPSA) is 77.9 Å². The van der Waals surface area contributed by atoms with Crippen molar-refractivity contribution in [2.24, 2.45) is 0 Å². The van der Waals surface area contributed by atoms with E-state index in [-0.39, 0.29) is 30.0 Å². The van der Waals surface area contributed by atoms with E-state index < -0.39 is 10.0 Å². The molecule has 22 heavy (non-hydrogen) atoms. The van der Waals surface area contributed by atoms with Crippen molar-refractivity contribution in [1.82, 2.24) is 9.21 Å². The minimum absolute atomic E-state index is 0.0922. The second-order valence-corrected chi connectivity index (χ2v) is 7.25. The number of nitrogens with zero attached hydrogens (tertiary/aromatic N) is 2. The number of hydrogen-bond acceptors (Lipinski definition) is 4. The van der Waals surface area contributed by atoms with Gasteiger partial charge in [-0.15, -0.1) is 0 Å². The normalized spacial score (nSPS) is 12.0. The van der Waals surface area contributed by atoms with Gasteiger partial charge in [0.25, 0.3) is 5.91 Å². The zero-order valence-electron chi connectivity index (χ0n) is 13.5. The Balaban J connectivity index is 3.17. The molecule has 0 saturated carbocycles. The molecule has 0 aliphatic rings. The van der Waals surface area contributed by atoms with Gasteiger partial charge in [-0.2, -0.15) is 4.31 Å². The summed E-state index contributed by atoms with van der Waals surface area (Å²) in [6.45, 7) is 5.91. The van der Waals surface area contributed by atoms with Gasteiger partial charge in [-0.25, -0.2) is 8.42 Å². The largest absolute Gasteiger partial charge is 0.395 e. The van der Waals surface area contributed by atoms with E-state index in [1.54, 1.807) is 32.9 Å². The van der Waals surface area contributed by atoms with Crippen LogP contribution in [0.25, 0.3) is 0 Å². The van der Waals surface area contributed by atoms with Gasteiger partial charge < -0.3 is 10.0 Å². The van der Waals surface area contributed by atoms with Crippen LogP contribution in [0.5, 0.6) is 0 Å². The molecule has 0 spiro atoms. The van der Waals surface area contributed by atoms with Gasteiger partial charge in [-0.1, -0.05) is 6.07 Å². The fourth-order valence-corrected chi connectivity index (χ4v) is 3.35. The predicted molar refractivity (Wildman–Crippen MR) is 85.2 cm³/mol. The van der Waals surface area contributed by atoms with Crippen molar-refractivity contribution in [2.45, 2.75) is 31.7 Å². The number of benzene rings is 1. The van der Waals surface area contributed by atoms with Gasteiger partial charge in [0.2, 0.25) is 10.0 Å². The third kappa shape index (κ3) is 4.06. The van der Waals surface area contributed by atoms with E-state index in [2.05, 4.69) is 0 Å². The number of aliphatic hydroxyl groups excluding tert-OH is 1. The van der Waals surface area contributed by atoms with Crippen LogP contribution in [0.2, 0.25) is 0 Å². The summed E-state index contributed by atoms with van der Waals surface area (Å²) >= 11 is 0. The second kappa shape index (κ2) is 7.71. The average Bonchev–Trinajstić information content (AvgIpc) is 2.51. The number of aliphatic hydroxyl groups is 1. The van der Waals surface area contributed by atoms with Crippen molar-refractivity contribution in [1.29, 1.82) is 0 Å². The van der Waals surface area contributed by atoms with Crippen molar-refractivity contribution in [3.8, 4) is 0 Å². The molecule has 0 aromatic heterocycles. The van der Waals surface area contributed by atoms with E-state index in [9.17, 15) is 13.2 Å². The summed E-state index contributed by atoms with van der Waals surface area (Å²) in [6.07, 6.45) is 0. The first-order valence-corrected chi connectivity index (χ1v) is 8.68. The maximum absolute atomic E-state index is 12.5. The Kier molecular flexibility index (Phi) is 6.52. The number of carbonyl (C=O) groups is 1. The van der Waals surface area contributed by atoms with Gasteiger partial charge in [0, 0.05) is 31.7 Å². The highest BCUT2D eigenvalue weighted by atomic mass is 32.2. The standard InChI is InChI=1S/C15H24N2O4S/c1-5-17(9-10-18)15(19)13-7-6-8-14(11-13)22(20,21)16(4)12(2)3/h6-8,11-12,18H,5,9-10H2,1-4H3. The summed E-state index contributed by atoms with van der Waals surface area (Å²) in [6, 6.07) is 5.83. The smallest absolute Gasteiger partial charge is 0.253 e. The summed E-state index contributed by atoms with van der Waals surface area (Å²) < 4.78 is 26.2. The third-order valence-electron chi connectivity index (χ3n) is 3.52. The van der Waals surface area contributed by atoms with Crippen molar-refractivity contribution >= 4 is 15.9 Å². The first-order chi connectivity index (χ1) is 10.3. The fourth-order valence-electron chi connectivity index (χ4n) is 1.94. The van der Waals surface area contributed by atoms with Crippen molar-refractivity contribution in [3.05, 3.63) is 29.8 Å². The maximum Gasteiger partial charge on any atom is 0.253 e. The van der Waals surface area contributed by atoms with Crippen LogP contribution in [0.1, 0.15) is 31.1 Å². The molecule has 0 aliphatic heterocycles. The Morgan fingerprint density at radius 2 is 1.95 bits per heavy atom. The maximum atomic E-state index is 12.5. The molecule has 0 radical (unpaired) electrons. The Labute approximate surface area is 132 Å². The molecule has 0 fully saturated rings. The lowest BCUT2D eigenvalue weighted by atomic mass is 10.2. The summed E-state index contributed by atoms with van der Waals surface area (Å²) in [5, 5.41) is 8.98. The average molecular weight is 328 g/mol. The SMILES string of the molecule is CCN(CCO)C(=O)c1cccc(S(=O)(=O)N(C)C(C)C)c1. The van der Waals surface area contributed by atoms with Crippen LogP contribution in [0, 0.1) is 0 Å². The third-order valence-corrected chi connectivity index (χ3v) is 5.55. The van der Waals surface area contributed by atoms with Gasteiger partial charge >= 0.3 is 0 Å². The lowest BCUT2D eigenvalue weighted by Crippen LogP contribution is -2.34. The molecule has 1 rings (SSSR count). The highest BCUT2D eigenvalue weighted by Gasteiger charge is 2.24. The Morgan fingerprint density at radius 1 is 1.32 bits per heavy atom. The van der Waals surface area contributed by atoms with Gasteiger partial charge in [-0.05, 0) is 39.0 Å². The van der Waals surface area contributed by atoms with Crippen molar-refractivity contribution < 1.29 is 18.3 Å². The molecule has 0 aliphatic carbocycles. The Morgan fingerprint density at radius 3 is 2.45 bits per heavy atom. The number of rotatable bonds is 7. The number of carbonyl (C=O) groups excluding carboxylic acids is 1. The zero-order valence-corrected chi connectivity index (χ0v) is 14.3. The lowest BCUT2D eigenvalue weighted by molar-refractivity contribution is 0.0731. The van der Waals surface area contributed by atoms with E-state index in [1.807, 2.05) is 0 Å². The van der Waals surface area contributed by atoms with Crippen LogP contribution in [-0.2, 0) is 10.0 Å². The zero-order chi connectivity index (χ0) is 16.9. The highest BCUT2D eigenvalue weighted by molar-refractivity contribution is 7.89. The predicted octanol–water partition coefficient (Wildman–Crippen LogP) is 1.17. The molecular weight excluding hydrogens is 304 g/mol. The molecule has 1 amide bonds. The van der Waals surface area contributed by atoms with Crippen LogP contribution < -0.4 is 0 Å². The summed E-state index contributed by atoms with van der Waals surface area (Å²) in [4.78, 5) is 13.9. The monoisotopic (exact) mass is 328 g/mol. The van der Waals surface area contributed by atoms with E-state index >= 15 is 0 Å². The van der Waals surface area contributed by atoms with Gasteiger partial charge in [0.05, 0.1) is 11.5 Å². The lowest BCUT2D eigenvalue weighted by Gasteiger charge is -2.22. The van der Waals surface area contributed by atoms with Crippen LogP contribution >= 0.6 is 0 Å².